The summed E-state index contributed by atoms with van der Waals surface area (Å²) in [6, 6.07) is 8.13. The zero-order valence-corrected chi connectivity index (χ0v) is 13.9. The smallest absolute Gasteiger partial charge is 0.249 e. The number of anilines is 2. The average Bonchev–Trinajstić information content (AvgIpc) is 3.38. The Morgan fingerprint density at radius 2 is 2.00 bits per heavy atom. The SMILES string of the molecule is CN1C(=O)C(Nc2ncnc3c2ncn3C2CC2)Cc2ccccc21. The summed E-state index contributed by atoms with van der Waals surface area (Å²) in [6.45, 7) is 0. The first-order valence-corrected chi connectivity index (χ1v) is 8.52. The number of rotatable bonds is 3. The fourth-order valence-electron chi connectivity index (χ4n) is 3.53. The number of nitrogens with zero attached hydrogens (tertiary/aromatic N) is 5. The van der Waals surface area contributed by atoms with Crippen molar-refractivity contribution >= 4 is 28.6 Å². The molecule has 25 heavy (non-hydrogen) atoms. The molecular weight excluding hydrogens is 316 g/mol. The van der Waals surface area contributed by atoms with Crippen molar-refractivity contribution in [3.05, 3.63) is 42.5 Å². The Kier molecular flexibility index (Phi) is 3.03. The lowest BCUT2D eigenvalue weighted by atomic mass is 9.97. The van der Waals surface area contributed by atoms with Crippen LogP contribution in [0.3, 0.4) is 0 Å². The minimum Gasteiger partial charge on any atom is -0.356 e. The topological polar surface area (TPSA) is 75.9 Å². The van der Waals surface area contributed by atoms with Crippen LogP contribution >= 0.6 is 0 Å². The number of aromatic nitrogens is 4. The van der Waals surface area contributed by atoms with Gasteiger partial charge in [-0.25, -0.2) is 15.0 Å². The minimum atomic E-state index is -0.357. The van der Waals surface area contributed by atoms with E-state index < -0.39 is 0 Å². The molecule has 3 heterocycles. The van der Waals surface area contributed by atoms with E-state index in [4.69, 9.17) is 0 Å². The van der Waals surface area contributed by atoms with Gasteiger partial charge in [0.2, 0.25) is 5.91 Å². The Bertz CT molecular complexity index is 977. The monoisotopic (exact) mass is 334 g/mol. The van der Waals surface area contributed by atoms with Crippen molar-refractivity contribution in [3.63, 3.8) is 0 Å². The van der Waals surface area contributed by atoms with Crippen LogP contribution in [0.25, 0.3) is 11.2 Å². The van der Waals surface area contributed by atoms with E-state index in [9.17, 15) is 4.79 Å². The second-order valence-corrected chi connectivity index (χ2v) is 6.70. The Morgan fingerprint density at radius 3 is 2.84 bits per heavy atom. The van der Waals surface area contributed by atoms with Crippen LogP contribution in [-0.2, 0) is 11.2 Å². The first-order chi connectivity index (χ1) is 12.2. The highest BCUT2D eigenvalue weighted by Gasteiger charge is 2.32. The van der Waals surface area contributed by atoms with Gasteiger partial charge in [-0.1, -0.05) is 18.2 Å². The molecule has 0 saturated heterocycles. The summed E-state index contributed by atoms with van der Waals surface area (Å²) in [6.07, 6.45) is 6.33. The van der Waals surface area contributed by atoms with Crippen molar-refractivity contribution in [2.75, 3.05) is 17.3 Å². The number of carbonyl (C=O) groups excluding carboxylic acids is 1. The molecule has 0 radical (unpaired) electrons. The third kappa shape index (κ3) is 2.26. The molecule has 1 unspecified atom stereocenters. The summed E-state index contributed by atoms with van der Waals surface area (Å²) in [5, 5.41) is 3.30. The fourth-order valence-corrected chi connectivity index (χ4v) is 3.53. The molecule has 1 aliphatic heterocycles. The zero-order chi connectivity index (χ0) is 17.0. The van der Waals surface area contributed by atoms with Gasteiger partial charge in [-0.2, -0.15) is 0 Å². The summed E-state index contributed by atoms with van der Waals surface area (Å²) in [5.41, 5.74) is 3.67. The van der Waals surface area contributed by atoms with Crippen LogP contribution in [0.15, 0.2) is 36.9 Å². The van der Waals surface area contributed by atoms with Crippen molar-refractivity contribution in [3.8, 4) is 0 Å². The molecule has 5 rings (SSSR count). The van der Waals surface area contributed by atoms with Crippen molar-refractivity contribution in [2.45, 2.75) is 31.3 Å². The molecular formula is C18H18N6O. The van der Waals surface area contributed by atoms with E-state index in [1.165, 1.54) is 19.2 Å². The second-order valence-electron chi connectivity index (χ2n) is 6.70. The first kappa shape index (κ1) is 14.4. The van der Waals surface area contributed by atoms with E-state index in [-0.39, 0.29) is 11.9 Å². The zero-order valence-electron chi connectivity index (χ0n) is 13.9. The number of nitrogens with one attached hydrogen (secondary N) is 1. The second kappa shape index (κ2) is 5.27. The number of hydrogen-bond acceptors (Lipinski definition) is 5. The Balaban J connectivity index is 1.50. The molecule has 1 saturated carbocycles. The highest BCUT2D eigenvalue weighted by atomic mass is 16.2. The number of benzene rings is 1. The van der Waals surface area contributed by atoms with Crippen molar-refractivity contribution in [1.29, 1.82) is 0 Å². The molecule has 2 aromatic heterocycles. The van der Waals surface area contributed by atoms with Crippen LogP contribution in [-0.4, -0.2) is 38.5 Å². The van der Waals surface area contributed by atoms with Crippen molar-refractivity contribution in [1.82, 2.24) is 19.5 Å². The number of carbonyl (C=O) groups is 1. The Labute approximate surface area is 144 Å². The van der Waals surface area contributed by atoms with Gasteiger partial charge < -0.3 is 14.8 Å². The Morgan fingerprint density at radius 1 is 1.16 bits per heavy atom. The van der Waals surface area contributed by atoms with Gasteiger partial charge in [-0.15, -0.1) is 0 Å². The van der Waals surface area contributed by atoms with E-state index in [0.29, 0.717) is 18.3 Å². The standard InChI is InChI=1S/C18H18N6O/c1-23-14-5-3-2-4-11(14)8-13(18(23)25)22-16-15-17(20-9-19-16)24(10-21-15)12-6-7-12/h2-5,9-10,12-13H,6-8H2,1H3,(H,19,20,22). The minimum absolute atomic E-state index is 0.0343. The third-order valence-corrected chi connectivity index (χ3v) is 5.02. The van der Waals surface area contributed by atoms with Gasteiger partial charge >= 0.3 is 0 Å². The van der Waals surface area contributed by atoms with Crippen molar-refractivity contribution < 1.29 is 4.79 Å². The average molecular weight is 334 g/mol. The number of para-hydroxylation sites is 1. The van der Waals surface area contributed by atoms with Gasteiger partial charge in [0.25, 0.3) is 0 Å². The largest absolute Gasteiger partial charge is 0.356 e. The van der Waals surface area contributed by atoms with Gasteiger partial charge in [0.1, 0.15) is 17.9 Å². The number of hydrogen-bond donors (Lipinski definition) is 1. The maximum Gasteiger partial charge on any atom is 0.249 e. The van der Waals surface area contributed by atoms with E-state index in [0.717, 1.165) is 22.4 Å². The van der Waals surface area contributed by atoms with Crippen LogP contribution in [0.5, 0.6) is 0 Å². The first-order valence-electron chi connectivity index (χ1n) is 8.52. The molecule has 0 spiro atoms. The lowest BCUT2D eigenvalue weighted by Crippen LogP contribution is -2.46. The van der Waals surface area contributed by atoms with Gasteiger partial charge in [0.15, 0.2) is 11.5 Å². The molecule has 0 bridgehead atoms. The molecule has 1 atom stereocenters. The summed E-state index contributed by atoms with van der Waals surface area (Å²) in [7, 11) is 1.81. The normalized spacial score (nSPS) is 20.0. The number of fused-ring (bicyclic) bond motifs is 2. The van der Waals surface area contributed by atoms with Crippen LogP contribution in [0.4, 0.5) is 11.5 Å². The van der Waals surface area contributed by atoms with E-state index in [2.05, 4.69) is 30.9 Å². The maximum atomic E-state index is 12.7. The van der Waals surface area contributed by atoms with Gasteiger partial charge in [-0.05, 0) is 24.5 Å². The van der Waals surface area contributed by atoms with Crippen LogP contribution < -0.4 is 10.2 Å². The predicted molar refractivity (Wildman–Crippen MR) is 94.6 cm³/mol. The summed E-state index contributed by atoms with van der Waals surface area (Å²) in [5.74, 6) is 0.655. The van der Waals surface area contributed by atoms with Gasteiger partial charge in [0, 0.05) is 25.2 Å². The molecule has 1 aliphatic carbocycles. The Hall–Kier alpha value is -2.96. The van der Waals surface area contributed by atoms with Crippen LogP contribution in [0.1, 0.15) is 24.4 Å². The highest BCUT2D eigenvalue weighted by Crippen LogP contribution is 2.37. The molecule has 7 heteroatoms. The molecule has 1 aromatic carbocycles. The molecule has 1 N–H and O–H groups in total. The van der Waals surface area contributed by atoms with Gasteiger partial charge in [-0.3, -0.25) is 4.79 Å². The van der Waals surface area contributed by atoms with Crippen LogP contribution in [0, 0.1) is 0 Å². The molecule has 2 aliphatic rings. The maximum absolute atomic E-state index is 12.7. The summed E-state index contributed by atoms with van der Waals surface area (Å²) in [4.78, 5) is 27.7. The van der Waals surface area contributed by atoms with Gasteiger partial charge in [0.05, 0.1) is 6.33 Å². The predicted octanol–water partition coefficient (Wildman–Crippen LogP) is 2.16. The number of likely N-dealkylation sites (N-methyl/N-ethyl adjacent to an activating group) is 1. The molecule has 1 amide bonds. The summed E-state index contributed by atoms with van der Waals surface area (Å²) >= 11 is 0. The molecule has 3 aromatic rings. The van der Waals surface area contributed by atoms with E-state index in [1.54, 1.807) is 4.90 Å². The highest BCUT2D eigenvalue weighted by molar-refractivity contribution is 6.02. The number of amides is 1. The number of imidazole rings is 1. The lowest BCUT2D eigenvalue weighted by Gasteiger charge is -2.32. The summed E-state index contributed by atoms with van der Waals surface area (Å²) < 4.78 is 2.10. The quantitative estimate of drug-likeness (QED) is 0.794. The molecule has 7 nitrogen and oxygen atoms in total. The lowest BCUT2D eigenvalue weighted by molar-refractivity contribution is -0.119. The third-order valence-electron chi connectivity index (χ3n) is 5.02. The van der Waals surface area contributed by atoms with Crippen molar-refractivity contribution in [2.24, 2.45) is 0 Å². The van der Waals surface area contributed by atoms with E-state index >= 15 is 0 Å². The molecule has 126 valence electrons. The fraction of sp³-hybridized carbons (Fsp3) is 0.333. The van der Waals surface area contributed by atoms with E-state index in [1.807, 2.05) is 31.6 Å². The van der Waals surface area contributed by atoms with Crippen LogP contribution in [0.2, 0.25) is 0 Å². The molecule has 1 fully saturated rings.